The summed E-state index contributed by atoms with van der Waals surface area (Å²) in [6.07, 6.45) is 1.42. The predicted molar refractivity (Wildman–Crippen MR) is 108 cm³/mol. The Labute approximate surface area is 163 Å². The average molecular weight is 375 g/mol. The van der Waals surface area contributed by atoms with Crippen LogP contribution >= 0.6 is 0 Å². The van der Waals surface area contributed by atoms with Gasteiger partial charge in [-0.15, -0.1) is 0 Å². The molecule has 4 N–H and O–H groups in total. The van der Waals surface area contributed by atoms with Crippen molar-refractivity contribution in [1.29, 1.82) is 5.26 Å². The average Bonchev–Trinajstić information content (AvgIpc) is 2.69. The number of hydrogen-bond acceptors (Lipinski definition) is 7. The number of methoxy groups -OCH3 is 1. The van der Waals surface area contributed by atoms with Gasteiger partial charge < -0.3 is 20.9 Å². The van der Waals surface area contributed by atoms with E-state index >= 15 is 0 Å². The minimum absolute atomic E-state index is 0.000650. The molecule has 1 aromatic heterocycles. The fourth-order valence-corrected chi connectivity index (χ4v) is 3.06. The lowest BCUT2D eigenvalue weighted by atomic mass is 9.91. The third-order valence-corrected chi connectivity index (χ3v) is 4.28. The monoisotopic (exact) mass is 375 g/mol. The molecular formula is C21H21N5O2. The van der Waals surface area contributed by atoms with Gasteiger partial charge in [-0.2, -0.15) is 10.2 Å². The summed E-state index contributed by atoms with van der Waals surface area (Å²) in [6, 6.07) is 13.8. The first-order chi connectivity index (χ1) is 13.5. The van der Waals surface area contributed by atoms with Crippen molar-refractivity contribution in [3.05, 3.63) is 53.7 Å². The Morgan fingerprint density at radius 2 is 1.82 bits per heavy atom. The zero-order chi connectivity index (χ0) is 20.3. The Kier molecular flexibility index (Phi) is 5.32. The van der Waals surface area contributed by atoms with E-state index in [9.17, 15) is 5.26 Å². The zero-order valence-electron chi connectivity index (χ0n) is 15.9. The molecule has 0 aliphatic heterocycles. The van der Waals surface area contributed by atoms with Crippen LogP contribution in [0.4, 0.5) is 11.8 Å². The number of hydrogen-bond donors (Lipinski definition) is 2. The lowest BCUT2D eigenvalue weighted by molar-refractivity contribution is 0.411. The number of rotatable bonds is 5. The van der Waals surface area contributed by atoms with Gasteiger partial charge in [0.2, 0.25) is 5.95 Å². The molecule has 0 amide bonds. The van der Waals surface area contributed by atoms with Crippen LogP contribution in [0.2, 0.25) is 0 Å². The van der Waals surface area contributed by atoms with Crippen LogP contribution in [0, 0.1) is 11.3 Å². The maximum absolute atomic E-state index is 9.88. The number of ether oxygens (including phenoxy) is 2. The second-order valence-corrected chi connectivity index (χ2v) is 6.46. The molecule has 0 radical (unpaired) electrons. The molecule has 0 bridgehead atoms. The molecule has 0 aliphatic rings. The largest absolute Gasteiger partial charge is 0.495 e. The molecule has 7 heteroatoms. The maximum Gasteiger partial charge on any atom is 0.222 e. The number of anilines is 2. The number of nitrogens with two attached hydrogens (primary N) is 2. The predicted octanol–water partition coefficient (Wildman–Crippen LogP) is 4.10. The van der Waals surface area contributed by atoms with E-state index in [0.29, 0.717) is 17.1 Å². The lowest BCUT2D eigenvalue weighted by Gasteiger charge is -2.21. The van der Waals surface area contributed by atoms with Gasteiger partial charge in [-0.25, -0.2) is 4.98 Å². The summed E-state index contributed by atoms with van der Waals surface area (Å²) in [7, 11) is 1.55. The number of nitrogens with zero attached hydrogens (tertiary/aromatic N) is 3. The second kappa shape index (κ2) is 7.84. The number of nitrogen functional groups attached to an aromatic ring is 2. The Morgan fingerprint density at radius 1 is 1.11 bits per heavy atom. The van der Waals surface area contributed by atoms with Crippen LogP contribution in [0.1, 0.15) is 30.9 Å². The second-order valence-electron chi connectivity index (χ2n) is 6.46. The maximum atomic E-state index is 9.88. The van der Waals surface area contributed by atoms with Crippen LogP contribution in [0.25, 0.3) is 11.1 Å². The van der Waals surface area contributed by atoms with Crippen molar-refractivity contribution in [3.63, 3.8) is 0 Å². The van der Waals surface area contributed by atoms with Gasteiger partial charge in [0.25, 0.3) is 0 Å². The quantitative estimate of drug-likeness (QED) is 0.688. The van der Waals surface area contributed by atoms with E-state index in [4.69, 9.17) is 20.9 Å². The van der Waals surface area contributed by atoms with E-state index in [2.05, 4.69) is 16.0 Å². The molecule has 0 aliphatic carbocycles. The normalized spacial score (nSPS) is 10.5. The molecule has 0 unspecified atom stereocenters. The third kappa shape index (κ3) is 3.53. The first-order valence-corrected chi connectivity index (χ1v) is 8.72. The molecule has 0 saturated carbocycles. The highest BCUT2D eigenvalue weighted by Crippen LogP contribution is 2.44. The smallest absolute Gasteiger partial charge is 0.222 e. The molecule has 28 heavy (non-hydrogen) atoms. The van der Waals surface area contributed by atoms with Crippen molar-refractivity contribution in [2.45, 2.75) is 19.8 Å². The minimum atomic E-state index is -0.000650. The van der Waals surface area contributed by atoms with Crippen LogP contribution in [0.15, 0.2) is 42.6 Å². The molecule has 7 nitrogen and oxygen atoms in total. The topological polar surface area (TPSA) is 120 Å². The van der Waals surface area contributed by atoms with Crippen molar-refractivity contribution in [2.75, 3.05) is 18.6 Å². The van der Waals surface area contributed by atoms with Crippen LogP contribution < -0.4 is 20.9 Å². The molecule has 3 rings (SSSR count). The first kappa shape index (κ1) is 19.0. The van der Waals surface area contributed by atoms with Crippen molar-refractivity contribution in [1.82, 2.24) is 9.97 Å². The summed E-state index contributed by atoms with van der Waals surface area (Å²) >= 11 is 0. The molecule has 0 atom stereocenters. The Balaban J connectivity index is 2.27. The van der Waals surface area contributed by atoms with Crippen molar-refractivity contribution in [2.24, 2.45) is 0 Å². The van der Waals surface area contributed by atoms with Crippen LogP contribution in [0.5, 0.6) is 17.2 Å². The van der Waals surface area contributed by atoms with Gasteiger partial charge in [-0.3, -0.25) is 0 Å². The number of aromatic nitrogens is 2. The molecule has 142 valence electrons. The summed E-state index contributed by atoms with van der Waals surface area (Å²) in [5, 5.41) is 9.88. The summed E-state index contributed by atoms with van der Waals surface area (Å²) < 4.78 is 11.7. The van der Waals surface area contributed by atoms with E-state index in [1.807, 2.05) is 50.2 Å². The van der Waals surface area contributed by atoms with Gasteiger partial charge in [-0.1, -0.05) is 44.2 Å². The molecule has 0 spiro atoms. The highest BCUT2D eigenvalue weighted by atomic mass is 16.5. The number of nitriles is 1. The fourth-order valence-electron chi connectivity index (χ4n) is 3.06. The Hall–Kier alpha value is -3.79. The van der Waals surface area contributed by atoms with E-state index in [1.54, 1.807) is 7.11 Å². The van der Waals surface area contributed by atoms with Gasteiger partial charge in [-0.05, 0) is 17.5 Å². The van der Waals surface area contributed by atoms with Gasteiger partial charge in [0.05, 0.1) is 13.3 Å². The van der Waals surface area contributed by atoms with Crippen molar-refractivity contribution in [3.8, 4) is 34.4 Å². The van der Waals surface area contributed by atoms with Crippen molar-refractivity contribution < 1.29 is 9.47 Å². The highest BCUT2D eigenvalue weighted by Gasteiger charge is 2.24. The van der Waals surface area contributed by atoms with E-state index < -0.39 is 0 Å². The van der Waals surface area contributed by atoms with E-state index in [1.165, 1.54) is 6.20 Å². The van der Waals surface area contributed by atoms with E-state index in [-0.39, 0.29) is 23.4 Å². The minimum Gasteiger partial charge on any atom is -0.495 e. The molecule has 0 fully saturated rings. The van der Waals surface area contributed by atoms with E-state index in [0.717, 1.165) is 16.7 Å². The molecular weight excluding hydrogens is 354 g/mol. The fraction of sp³-hybridized carbons (Fsp3) is 0.190. The zero-order valence-corrected chi connectivity index (χ0v) is 15.9. The van der Waals surface area contributed by atoms with Gasteiger partial charge in [0.1, 0.15) is 23.1 Å². The molecule has 2 aromatic carbocycles. The standard InChI is InChI=1S/C21H21N5O2/c1-12(2)18-15(10-22)19(27-3)14(13-7-5-4-6-8-13)9-16(18)28-17-11-25-21(24)26-20(17)23/h4-9,11-12H,1-3H3,(H4,23,24,25,26). The highest BCUT2D eigenvalue weighted by molar-refractivity contribution is 5.78. The summed E-state index contributed by atoms with van der Waals surface area (Å²) in [5.74, 6) is 1.45. The first-order valence-electron chi connectivity index (χ1n) is 8.72. The van der Waals surface area contributed by atoms with Crippen LogP contribution in [-0.4, -0.2) is 17.1 Å². The summed E-state index contributed by atoms with van der Waals surface area (Å²) in [5.41, 5.74) is 14.3. The van der Waals surface area contributed by atoms with Crippen molar-refractivity contribution >= 4 is 11.8 Å². The molecule has 3 aromatic rings. The van der Waals surface area contributed by atoms with Crippen LogP contribution in [-0.2, 0) is 0 Å². The summed E-state index contributed by atoms with van der Waals surface area (Å²) in [4.78, 5) is 7.87. The number of benzene rings is 2. The molecule has 0 saturated heterocycles. The lowest BCUT2D eigenvalue weighted by Crippen LogP contribution is -2.05. The molecule has 1 heterocycles. The van der Waals surface area contributed by atoms with Gasteiger partial charge in [0.15, 0.2) is 11.6 Å². The third-order valence-electron chi connectivity index (χ3n) is 4.28. The van der Waals surface area contributed by atoms with Gasteiger partial charge >= 0.3 is 0 Å². The van der Waals surface area contributed by atoms with Crippen LogP contribution in [0.3, 0.4) is 0 Å². The van der Waals surface area contributed by atoms with Gasteiger partial charge in [0, 0.05) is 11.1 Å². The Morgan fingerprint density at radius 3 is 2.39 bits per heavy atom. The Bertz CT molecular complexity index is 1040. The summed E-state index contributed by atoms with van der Waals surface area (Å²) in [6.45, 7) is 3.96. The SMILES string of the molecule is COc1c(-c2ccccc2)cc(Oc2cnc(N)nc2N)c(C(C)C)c1C#N.